The summed E-state index contributed by atoms with van der Waals surface area (Å²) in [4.78, 5) is 26.9. The maximum atomic E-state index is 12.0. The molecule has 1 aliphatic heterocycles. The van der Waals surface area contributed by atoms with Crippen molar-refractivity contribution in [1.29, 1.82) is 5.26 Å². The van der Waals surface area contributed by atoms with Gasteiger partial charge in [-0.2, -0.15) is 5.26 Å². The SMILES string of the molecule is N#Cc1ccnc(Nc2cc(C3CC3)cc(-c3ccc(N4CC(O)CC4=O)nc3)n2)c1. The maximum absolute atomic E-state index is 12.0. The van der Waals surface area contributed by atoms with Crippen LogP contribution < -0.4 is 10.2 Å². The fourth-order valence-electron chi connectivity index (χ4n) is 3.72. The second-order valence-electron chi connectivity index (χ2n) is 7.88. The van der Waals surface area contributed by atoms with Crippen LogP contribution in [0.3, 0.4) is 0 Å². The van der Waals surface area contributed by atoms with Crippen LogP contribution in [0.2, 0.25) is 0 Å². The molecule has 154 valence electrons. The standard InChI is InChI=1S/C23H20N6O2/c24-11-14-5-6-25-20(7-14)28-21-9-17(15-1-2-15)8-19(27-21)16-3-4-22(26-12-16)29-13-18(30)10-23(29)31/h3-9,12,15,18,30H,1-2,10,13H2,(H,25,27,28). The lowest BCUT2D eigenvalue weighted by Gasteiger charge is -2.15. The molecular weight excluding hydrogens is 392 g/mol. The van der Waals surface area contributed by atoms with Crippen molar-refractivity contribution in [2.24, 2.45) is 0 Å². The molecule has 1 amide bonds. The number of hydrogen-bond acceptors (Lipinski definition) is 7. The summed E-state index contributed by atoms with van der Waals surface area (Å²) in [7, 11) is 0. The van der Waals surface area contributed by atoms with E-state index in [1.54, 1.807) is 30.6 Å². The quantitative estimate of drug-likeness (QED) is 0.661. The zero-order valence-electron chi connectivity index (χ0n) is 16.7. The van der Waals surface area contributed by atoms with Gasteiger partial charge in [-0.05, 0) is 60.7 Å². The number of carbonyl (C=O) groups excluding carboxylic acids is 1. The number of hydrogen-bond donors (Lipinski definition) is 2. The average Bonchev–Trinajstić information content (AvgIpc) is 3.58. The molecule has 8 nitrogen and oxygen atoms in total. The van der Waals surface area contributed by atoms with Gasteiger partial charge < -0.3 is 10.4 Å². The number of aromatic nitrogens is 3. The van der Waals surface area contributed by atoms with E-state index in [-0.39, 0.29) is 18.9 Å². The summed E-state index contributed by atoms with van der Waals surface area (Å²) in [6, 6.07) is 13.2. The molecule has 2 fully saturated rings. The van der Waals surface area contributed by atoms with E-state index in [4.69, 9.17) is 10.2 Å². The lowest BCUT2D eigenvalue weighted by atomic mass is 10.1. The molecule has 2 N–H and O–H groups in total. The molecule has 4 heterocycles. The molecule has 3 aromatic rings. The molecule has 0 bridgehead atoms. The Kier molecular flexibility index (Phi) is 4.81. The van der Waals surface area contributed by atoms with Crippen molar-refractivity contribution in [3.05, 3.63) is 59.9 Å². The van der Waals surface area contributed by atoms with Gasteiger partial charge in [0.25, 0.3) is 0 Å². The van der Waals surface area contributed by atoms with E-state index in [1.165, 1.54) is 10.5 Å². The predicted molar refractivity (Wildman–Crippen MR) is 115 cm³/mol. The van der Waals surface area contributed by atoms with Gasteiger partial charge in [-0.3, -0.25) is 9.69 Å². The van der Waals surface area contributed by atoms with Crippen LogP contribution in [0, 0.1) is 11.3 Å². The van der Waals surface area contributed by atoms with E-state index in [0.717, 1.165) is 24.1 Å². The number of pyridine rings is 3. The van der Waals surface area contributed by atoms with E-state index in [0.29, 0.717) is 28.9 Å². The zero-order valence-corrected chi connectivity index (χ0v) is 16.7. The van der Waals surface area contributed by atoms with Crippen molar-refractivity contribution in [3.8, 4) is 17.3 Å². The number of nitrogens with zero attached hydrogens (tertiary/aromatic N) is 5. The Morgan fingerprint density at radius 2 is 2.00 bits per heavy atom. The molecule has 1 saturated carbocycles. The topological polar surface area (TPSA) is 115 Å². The minimum Gasteiger partial charge on any atom is -0.391 e. The molecule has 5 rings (SSSR count). The van der Waals surface area contributed by atoms with Crippen molar-refractivity contribution < 1.29 is 9.90 Å². The minimum absolute atomic E-state index is 0.125. The smallest absolute Gasteiger partial charge is 0.230 e. The molecular formula is C23H20N6O2. The first kappa shape index (κ1) is 19.2. The van der Waals surface area contributed by atoms with Crippen LogP contribution in [0.15, 0.2) is 48.8 Å². The van der Waals surface area contributed by atoms with E-state index in [2.05, 4.69) is 27.4 Å². The van der Waals surface area contributed by atoms with Gasteiger partial charge in [0.1, 0.15) is 17.5 Å². The van der Waals surface area contributed by atoms with Gasteiger partial charge in [-0.1, -0.05) is 0 Å². The van der Waals surface area contributed by atoms with Crippen molar-refractivity contribution in [1.82, 2.24) is 15.0 Å². The third kappa shape index (κ3) is 4.09. The lowest BCUT2D eigenvalue weighted by molar-refractivity contribution is -0.117. The Morgan fingerprint density at radius 1 is 1.13 bits per heavy atom. The molecule has 0 aromatic carbocycles. The summed E-state index contributed by atoms with van der Waals surface area (Å²) >= 11 is 0. The summed E-state index contributed by atoms with van der Waals surface area (Å²) < 4.78 is 0. The number of nitriles is 1. The summed E-state index contributed by atoms with van der Waals surface area (Å²) in [5.74, 6) is 2.14. The summed E-state index contributed by atoms with van der Waals surface area (Å²) in [5, 5.41) is 22.0. The van der Waals surface area contributed by atoms with Gasteiger partial charge in [0.2, 0.25) is 5.91 Å². The van der Waals surface area contributed by atoms with Crippen LogP contribution in [0.1, 0.15) is 36.3 Å². The number of anilines is 3. The van der Waals surface area contributed by atoms with Crippen LogP contribution in [-0.2, 0) is 4.79 Å². The monoisotopic (exact) mass is 412 g/mol. The van der Waals surface area contributed by atoms with E-state index in [9.17, 15) is 9.90 Å². The number of aliphatic hydroxyl groups is 1. The number of β-amino-alcohol motifs (C(OH)–C–C–N with tert-alkyl or cyclic N) is 1. The normalized spacial score (nSPS) is 18.1. The molecule has 31 heavy (non-hydrogen) atoms. The van der Waals surface area contributed by atoms with Crippen molar-refractivity contribution >= 4 is 23.4 Å². The molecule has 0 spiro atoms. The van der Waals surface area contributed by atoms with Gasteiger partial charge in [0, 0.05) is 18.0 Å². The average molecular weight is 412 g/mol. The molecule has 1 aliphatic carbocycles. The third-order valence-corrected chi connectivity index (χ3v) is 5.47. The van der Waals surface area contributed by atoms with Crippen molar-refractivity contribution in [3.63, 3.8) is 0 Å². The number of amides is 1. The Bertz CT molecular complexity index is 1180. The maximum Gasteiger partial charge on any atom is 0.230 e. The number of carbonyl (C=O) groups is 1. The highest BCUT2D eigenvalue weighted by atomic mass is 16.3. The van der Waals surface area contributed by atoms with E-state index < -0.39 is 6.10 Å². The zero-order chi connectivity index (χ0) is 21.4. The van der Waals surface area contributed by atoms with Gasteiger partial charge in [-0.25, -0.2) is 15.0 Å². The Labute approximate surface area is 179 Å². The number of nitrogens with one attached hydrogen (secondary N) is 1. The minimum atomic E-state index is -0.646. The lowest BCUT2D eigenvalue weighted by Crippen LogP contribution is -2.26. The van der Waals surface area contributed by atoms with Crippen molar-refractivity contribution in [2.45, 2.75) is 31.3 Å². The largest absolute Gasteiger partial charge is 0.391 e. The van der Waals surface area contributed by atoms with E-state index in [1.807, 2.05) is 12.1 Å². The first-order valence-corrected chi connectivity index (χ1v) is 10.2. The summed E-state index contributed by atoms with van der Waals surface area (Å²) in [5.41, 5.74) is 3.33. The highest BCUT2D eigenvalue weighted by Gasteiger charge is 2.30. The Morgan fingerprint density at radius 3 is 2.68 bits per heavy atom. The summed E-state index contributed by atoms with van der Waals surface area (Å²) in [6.07, 6.45) is 5.08. The second kappa shape index (κ2) is 7.78. The van der Waals surface area contributed by atoms with E-state index >= 15 is 0 Å². The fraction of sp³-hybridized carbons (Fsp3) is 0.261. The molecule has 2 aliphatic rings. The van der Waals surface area contributed by atoms with Crippen LogP contribution in [0.5, 0.6) is 0 Å². The van der Waals surface area contributed by atoms with Crippen LogP contribution in [0.25, 0.3) is 11.3 Å². The van der Waals surface area contributed by atoms with Crippen molar-refractivity contribution in [2.75, 3.05) is 16.8 Å². The predicted octanol–water partition coefficient (Wildman–Crippen LogP) is 3.13. The Balaban J connectivity index is 1.44. The molecule has 1 unspecified atom stereocenters. The first-order valence-electron chi connectivity index (χ1n) is 10.2. The Hall–Kier alpha value is -3.83. The van der Waals surface area contributed by atoms with Gasteiger partial charge in [-0.15, -0.1) is 0 Å². The number of rotatable bonds is 5. The van der Waals surface area contributed by atoms with Gasteiger partial charge in [0.15, 0.2) is 0 Å². The first-order chi connectivity index (χ1) is 15.1. The highest BCUT2D eigenvalue weighted by molar-refractivity contribution is 5.95. The number of aliphatic hydroxyl groups excluding tert-OH is 1. The summed E-state index contributed by atoms with van der Waals surface area (Å²) in [6.45, 7) is 0.267. The molecule has 8 heteroatoms. The van der Waals surface area contributed by atoms with Crippen LogP contribution >= 0.6 is 0 Å². The molecule has 1 saturated heterocycles. The van der Waals surface area contributed by atoms with Gasteiger partial charge in [0.05, 0.1) is 36.4 Å². The fourth-order valence-corrected chi connectivity index (χ4v) is 3.72. The third-order valence-electron chi connectivity index (χ3n) is 5.47. The molecule has 3 aromatic heterocycles. The highest BCUT2D eigenvalue weighted by Crippen LogP contribution is 2.42. The second-order valence-corrected chi connectivity index (χ2v) is 7.88. The van der Waals surface area contributed by atoms with Gasteiger partial charge >= 0.3 is 0 Å². The molecule has 0 radical (unpaired) electrons. The van der Waals surface area contributed by atoms with Crippen LogP contribution in [-0.4, -0.2) is 38.6 Å². The van der Waals surface area contributed by atoms with Crippen LogP contribution in [0.4, 0.5) is 17.5 Å². The molecule has 1 atom stereocenters.